The van der Waals surface area contributed by atoms with Crippen LogP contribution in [-0.2, 0) is 0 Å². The van der Waals surface area contributed by atoms with E-state index in [1.807, 2.05) is 23.5 Å². The van der Waals surface area contributed by atoms with Crippen molar-refractivity contribution in [2.45, 2.75) is 24.1 Å². The number of hydrazine groups is 1. The van der Waals surface area contributed by atoms with Crippen LogP contribution in [0, 0.1) is 0 Å². The molecule has 80 valence electrons. The van der Waals surface area contributed by atoms with Gasteiger partial charge < -0.3 is 5.32 Å². The van der Waals surface area contributed by atoms with Gasteiger partial charge in [0.25, 0.3) is 0 Å². The highest BCUT2D eigenvalue weighted by Gasteiger charge is 2.41. The Morgan fingerprint density at radius 3 is 2.57 bits per heavy atom. The smallest absolute Gasteiger partial charge is 0.181 e. The standard InChI is InChI=1S/C8H15N3S3/c1-2-3-9-8(12)10-11-6-4-13-7(11)5-14-6/h6-7H,2-5H2,1H3,(H2,9,10,12)/t6-,7-/m0/s1. The zero-order valence-corrected chi connectivity index (χ0v) is 10.6. The van der Waals surface area contributed by atoms with Crippen LogP contribution < -0.4 is 10.7 Å². The fourth-order valence-electron chi connectivity index (χ4n) is 1.53. The Bertz CT molecular complexity index is 204. The summed E-state index contributed by atoms with van der Waals surface area (Å²) in [5.74, 6) is 2.44. The van der Waals surface area contributed by atoms with Crippen molar-refractivity contribution in [3.8, 4) is 0 Å². The summed E-state index contributed by atoms with van der Waals surface area (Å²) in [5, 5.41) is 7.48. The van der Waals surface area contributed by atoms with Crippen molar-refractivity contribution in [3.63, 3.8) is 0 Å². The lowest BCUT2D eigenvalue weighted by Crippen LogP contribution is -2.49. The molecule has 2 aliphatic rings. The lowest BCUT2D eigenvalue weighted by molar-refractivity contribution is 0.254. The summed E-state index contributed by atoms with van der Waals surface area (Å²) >= 11 is 9.25. The van der Waals surface area contributed by atoms with Gasteiger partial charge in [0.15, 0.2) is 5.11 Å². The number of thiocarbonyl (C=S) groups is 1. The second kappa shape index (κ2) is 4.92. The molecule has 2 heterocycles. The Hall–Kier alpha value is 0.350. The summed E-state index contributed by atoms with van der Waals surface area (Å²) in [7, 11) is 0. The number of nitrogens with one attached hydrogen (secondary N) is 2. The molecule has 6 heteroatoms. The maximum Gasteiger partial charge on any atom is 0.181 e. The van der Waals surface area contributed by atoms with E-state index in [4.69, 9.17) is 12.2 Å². The van der Waals surface area contributed by atoms with E-state index in [1.165, 1.54) is 11.5 Å². The minimum Gasteiger partial charge on any atom is -0.362 e. The number of thioether (sulfide) groups is 2. The van der Waals surface area contributed by atoms with E-state index in [-0.39, 0.29) is 0 Å². The number of hydrogen-bond acceptors (Lipinski definition) is 4. The third-order valence-electron chi connectivity index (χ3n) is 2.25. The van der Waals surface area contributed by atoms with Gasteiger partial charge in [-0.2, -0.15) is 5.01 Å². The van der Waals surface area contributed by atoms with Gasteiger partial charge >= 0.3 is 0 Å². The minimum atomic E-state index is 0.617. The lowest BCUT2D eigenvalue weighted by Gasteiger charge is -2.22. The van der Waals surface area contributed by atoms with Crippen LogP contribution in [-0.4, -0.2) is 38.9 Å². The van der Waals surface area contributed by atoms with Gasteiger partial charge in [0.2, 0.25) is 0 Å². The van der Waals surface area contributed by atoms with Crippen molar-refractivity contribution in [2.75, 3.05) is 18.1 Å². The van der Waals surface area contributed by atoms with E-state index in [1.54, 1.807) is 0 Å². The monoisotopic (exact) mass is 249 g/mol. The van der Waals surface area contributed by atoms with Gasteiger partial charge in [-0.1, -0.05) is 6.92 Å². The first-order chi connectivity index (χ1) is 6.81. The molecule has 2 atom stereocenters. The minimum absolute atomic E-state index is 0.617. The Morgan fingerprint density at radius 2 is 2.07 bits per heavy atom. The fraction of sp³-hybridized carbons (Fsp3) is 0.875. The number of nitrogens with zero attached hydrogens (tertiary/aromatic N) is 1. The van der Waals surface area contributed by atoms with Gasteiger partial charge in [0.05, 0.1) is 10.7 Å². The van der Waals surface area contributed by atoms with E-state index in [2.05, 4.69) is 22.7 Å². The van der Waals surface area contributed by atoms with Gasteiger partial charge in [0.1, 0.15) is 0 Å². The van der Waals surface area contributed by atoms with Crippen molar-refractivity contribution in [1.29, 1.82) is 0 Å². The molecule has 0 radical (unpaired) electrons. The first-order valence-electron chi connectivity index (χ1n) is 4.87. The van der Waals surface area contributed by atoms with Crippen LogP contribution in [0.5, 0.6) is 0 Å². The van der Waals surface area contributed by atoms with E-state index < -0.39 is 0 Å². The summed E-state index contributed by atoms with van der Waals surface area (Å²) in [6.45, 7) is 3.09. The molecule has 2 bridgehead atoms. The molecule has 2 rings (SSSR count). The summed E-state index contributed by atoms with van der Waals surface area (Å²) in [6, 6.07) is 0. The molecule has 0 unspecified atom stereocenters. The first kappa shape index (κ1) is 10.9. The molecule has 0 aromatic heterocycles. The predicted molar refractivity (Wildman–Crippen MR) is 68.4 cm³/mol. The third kappa shape index (κ3) is 2.29. The first-order valence-corrected chi connectivity index (χ1v) is 7.38. The summed E-state index contributed by atoms with van der Waals surface area (Å²) < 4.78 is 0. The molecule has 0 aliphatic carbocycles. The zero-order chi connectivity index (χ0) is 9.97. The van der Waals surface area contributed by atoms with Crippen LogP contribution in [0.1, 0.15) is 13.3 Å². The van der Waals surface area contributed by atoms with E-state index >= 15 is 0 Å². The summed E-state index contributed by atoms with van der Waals surface area (Å²) in [5.41, 5.74) is 3.29. The molecule has 2 fully saturated rings. The van der Waals surface area contributed by atoms with Gasteiger partial charge in [-0.25, -0.2) is 0 Å². The van der Waals surface area contributed by atoms with Crippen molar-refractivity contribution in [2.24, 2.45) is 0 Å². The lowest BCUT2D eigenvalue weighted by atomic mass is 10.5. The van der Waals surface area contributed by atoms with Crippen molar-refractivity contribution in [3.05, 3.63) is 0 Å². The molecule has 0 aromatic carbocycles. The maximum atomic E-state index is 5.21. The normalized spacial score (nSPS) is 30.6. The highest BCUT2D eigenvalue weighted by Crippen LogP contribution is 2.42. The largest absolute Gasteiger partial charge is 0.362 e. The molecular weight excluding hydrogens is 234 g/mol. The van der Waals surface area contributed by atoms with Crippen molar-refractivity contribution in [1.82, 2.24) is 15.8 Å². The number of rotatable bonds is 3. The molecular formula is C8H15N3S3. The molecule has 0 amide bonds. The van der Waals surface area contributed by atoms with Crippen LogP contribution in [0.4, 0.5) is 0 Å². The molecule has 2 N–H and O–H groups in total. The molecule has 2 aliphatic heterocycles. The summed E-state index contributed by atoms with van der Waals surface area (Å²) in [4.78, 5) is 0. The number of hydrogen-bond donors (Lipinski definition) is 2. The number of fused-ring (bicyclic) bond motifs is 2. The molecule has 3 nitrogen and oxygen atoms in total. The Morgan fingerprint density at radius 1 is 1.43 bits per heavy atom. The quantitative estimate of drug-likeness (QED) is 0.731. The average molecular weight is 249 g/mol. The fourth-order valence-corrected chi connectivity index (χ4v) is 4.87. The van der Waals surface area contributed by atoms with Crippen LogP contribution >= 0.6 is 35.7 Å². The highest BCUT2D eigenvalue weighted by molar-refractivity contribution is 8.07. The average Bonchev–Trinajstić information content (AvgIpc) is 2.75. The highest BCUT2D eigenvalue weighted by atomic mass is 32.2. The molecule has 0 aromatic rings. The molecule has 2 saturated heterocycles. The van der Waals surface area contributed by atoms with Crippen LogP contribution in [0.15, 0.2) is 0 Å². The molecule has 14 heavy (non-hydrogen) atoms. The third-order valence-corrected chi connectivity index (χ3v) is 5.48. The van der Waals surface area contributed by atoms with Crippen LogP contribution in [0.25, 0.3) is 0 Å². The van der Waals surface area contributed by atoms with E-state index in [0.29, 0.717) is 10.7 Å². The van der Waals surface area contributed by atoms with E-state index in [9.17, 15) is 0 Å². The molecule has 0 saturated carbocycles. The van der Waals surface area contributed by atoms with Gasteiger partial charge in [0, 0.05) is 18.1 Å². The van der Waals surface area contributed by atoms with Gasteiger partial charge in [-0.3, -0.25) is 5.43 Å². The Kier molecular flexibility index (Phi) is 3.81. The van der Waals surface area contributed by atoms with Gasteiger partial charge in [-0.05, 0) is 18.6 Å². The van der Waals surface area contributed by atoms with E-state index in [0.717, 1.165) is 18.1 Å². The van der Waals surface area contributed by atoms with Crippen molar-refractivity contribution < 1.29 is 0 Å². The summed E-state index contributed by atoms with van der Waals surface area (Å²) in [6.07, 6.45) is 1.11. The predicted octanol–water partition coefficient (Wildman–Crippen LogP) is 1.22. The second-order valence-electron chi connectivity index (χ2n) is 3.35. The van der Waals surface area contributed by atoms with Crippen molar-refractivity contribution >= 4 is 40.9 Å². The second-order valence-corrected chi connectivity index (χ2v) is 6.18. The maximum absolute atomic E-state index is 5.21. The zero-order valence-electron chi connectivity index (χ0n) is 8.16. The topological polar surface area (TPSA) is 27.3 Å². The van der Waals surface area contributed by atoms with Crippen LogP contribution in [0.3, 0.4) is 0 Å². The van der Waals surface area contributed by atoms with Crippen LogP contribution in [0.2, 0.25) is 0 Å². The van der Waals surface area contributed by atoms with Gasteiger partial charge in [-0.15, -0.1) is 23.5 Å². The molecule has 0 spiro atoms. The Balaban J connectivity index is 1.77. The SMILES string of the molecule is CCCNC(=S)NN1[C@@H]2CS[C@H]1CS2. The Labute approximate surface area is 98.7 Å².